The molecule has 0 atom stereocenters. The van der Waals surface area contributed by atoms with Crippen molar-refractivity contribution in [2.24, 2.45) is 16.3 Å². The maximum absolute atomic E-state index is 9.43. The number of nitrogens with one attached hydrogen (secondary N) is 2. The number of rotatable bonds is 10. The molecule has 1 aromatic rings. The highest BCUT2D eigenvalue weighted by Gasteiger charge is 2.25. The van der Waals surface area contributed by atoms with Gasteiger partial charge < -0.3 is 20.6 Å². The lowest BCUT2D eigenvalue weighted by molar-refractivity contribution is 0.169. The smallest absolute Gasteiger partial charge is 0.191 e. The molecule has 1 aliphatic rings. The highest BCUT2D eigenvalue weighted by Crippen LogP contribution is 2.29. The SMILES string of the molecule is CCNC(=NCc1ccc(N2CCC(C)CC2)nc1)NCC(CC)(CC)CCO.I. The Kier molecular flexibility index (Phi) is 12.6. The van der Waals surface area contributed by atoms with E-state index in [4.69, 9.17) is 4.99 Å². The quantitative estimate of drug-likeness (QED) is 0.240. The summed E-state index contributed by atoms with van der Waals surface area (Å²) in [4.78, 5) is 11.8. The molecular weight excluding hydrogens is 489 g/mol. The molecule has 0 aliphatic carbocycles. The van der Waals surface area contributed by atoms with E-state index in [-0.39, 0.29) is 36.0 Å². The zero-order valence-corrected chi connectivity index (χ0v) is 21.6. The Morgan fingerprint density at radius 2 is 1.90 bits per heavy atom. The number of guanidine groups is 1. The molecule has 2 rings (SSSR count). The second-order valence-electron chi connectivity index (χ2n) is 8.42. The van der Waals surface area contributed by atoms with Gasteiger partial charge in [0.25, 0.3) is 0 Å². The van der Waals surface area contributed by atoms with E-state index in [0.29, 0.717) is 6.54 Å². The molecule has 3 N–H and O–H groups in total. The monoisotopic (exact) mass is 531 g/mol. The minimum Gasteiger partial charge on any atom is -0.396 e. The largest absolute Gasteiger partial charge is 0.396 e. The second-order valence-corrected chi connectivity index (χ2v) is 8.42. The van der Waals surface area contributed by atoms with Crippen LogP contribution in [0.5, 0.6) is 0 Å². The lowest BCUT2D eigenvalue weighted by Gasteiger charge is -2.32. The predicted molar refractivity (Wildman–Crippen MR) is 138 cm³/mol. The Balaban J connectivity index is 0.00000450. The van der Waals surface area contributed by atoms with Crippen LogP contribution in [0.3, 0.4) is 0 Å². The van der Waals surface area contributed by atoms with Gasteiger partial charge in [-0.25, -0.2) is 9.98 Å². The average Bonchev–Trinajstić information content (AvgIpc) is 2.76. The number of aliphatic hydroxyl groups excluding tert-OH is 1. The van der Waals surface area contributed by atoms with E-state index in [2.05, 4.69) is 60.3 Å². The van der Waals surface area contributed by atoms with E-state index in [9.17, 15) is 5.11 Å². The Bertz CT molecular complexity index is 611. The third kappa shape index (κ3) is 8.21. The molecule has 1 aliphatic heterocycles. The Morgan fingerprint density at radius 3 is 2.43 bits per heavy atom. The van der Waals surface area contributed by atoms with Crippen molar-refractivity contribution in [1.82, 2.24) is 15.6 Å². The standard InChI is InChI=1S/C23H41N5O.HI/c1-5-23(6-2,12-15-29)18-27-22(24-7-3)26-17-20-8-9-21(25-16-20)28-13-10-19(4)11-14-28;/h8-9,16,19,29H,5-7,10-15,17-18H2,1-4H3,(H2,24,26,27);1H. The van der Waals surface area contributed by atoms with Crippen LogP contribution < -0.4 is 15.5 Å². The van der Waals surface area contributed by atoms with Crippen LogP contribution in [0.25, 0.3) is 0 Å². The van der Waals surface area contributed by atoms with Gasteiger partial charge in [-0.2, -0.15) is 0 Å². The summed E-state index contributed by atoms with van der Waals surface area (Å²) < 4.78 is 0. The third-order valence-electron chi connectivity index (χ3n) is 6.45. The first kappa shape index (κ1) is 26.9. The van der Waals surface area contributed by atoms with Crippen molar-refractivity contribution >= 4 is 35.8 Å². The predicted octanol–water partition coefficient (Wildman–Crippen LogP) is 4.18. The number of nitrogens with zero attached hydrogens (tertiary/aromatic N) is 3. The van der Waals surface area contributed by atoms with Crippen molar-refractivity contribution in [2.75, 3.05) is 37.7 Å². The normalized spacial score (nSPS) is 15.6. The van der Waals surface area contributed by atoms with E-state index < -0.39 is 0 Å². The van der Waals surface area contributed by atoms with Crippen LogP contribution >= 0.6 is 24.0 Å². The number of pyridine rings is 1. The Hall–Kier alpha value is -1.09. The van der Waals surface area contributed by atoms with E-state index in [1.165, 1.54) is 12.8 Å². The van der Waals surface area contributed by atoms with Gasteiger partial charge in [0, 0.05) is 39.0 Å². The fourth-order valence-corrected chi connectivity index (χ4v) is 3.90. The summed E-state index contributed by atoms with van der Waals surface area (Å²) in [7, 11) is 0. The van der Waals surface area contributed by atoms with Crippen molar-refractivity contribution < 1.29 is 5.11 Å². The van der Waals surface area contributed by atoms with E-state index >= 15 is 0 Å². The number of halogens is 1. The molecule has 2 heterocycles. The number of hydrogen-bond acceptors (Lipinski definition) is 4. The number of aromatic nitrogens is 1. The van der Waals surface area contributed by atoms with Crippen LogP contribution in [0.15, 0.2) is 23.3 Å². The minimum absolute atomic E-state index is 0. The van der Waals surface area contributed by atoms with Gasteiger partial charge in [0.15, 0.2) is 5.96 Å². The van der Waals surface area contributed by atoms with Gasteiger partial charge in [-0.1, -0.05) is 26.8 Å². The van der Waals surface area contributed by atoms with Crippen molar-refractivity contribution in [3.05, 3.63) is 23.9 Å². The van der Waals surface area contributed by atoms with E-state index in [1.807, 2.05) is 6.20 Å². The molecule has 1 saturated heterocycles. The molecule has 0 saturated carbocycles. The van der Waals surface area contributed by atoms with Crippen LogP contribution in [0.2, 0.25) is 0 Å². The molecule has 1 fully saturated rings. The zero-order valence-electron chi connectivity index (χ0n) is 19.3. The van der Waals surface area contributed by atoms with E-state index in [1.54, 1.807) is 0 Å². The lowest BCUT2D eigenvalue weighted by atomic mass is 9.79. The first-order valence-electron chi connectivity index (χ1n) is 11.4. The highest BCUT2D eigenvalue weighted by atomic mass is 127. The van der Waals surface area contributed by atoms with Crippen LogP contribution in [-0.4, -0.2) is 48.8 Å². The van der Waals surface area contributed by atoms with Crippen LogP contribution in [-0.2, 0) is 6.54 Å². The van der Waals surface area contributed by atoms with Gasteiger partial charge in [0.1, 0.15) is 5.82 Å². The van der Waals surface area contributed by atoms with Crippen molar-refractivity contribution in [2.45, 2.75) is 66.3 Å². The number of anilines is 1. The van der Waals surface area contributed by atoms with Crippen molar-refractivity contribution in [3.8, 4) is 0 Å². The highest BCUT2D eigenvalue weighted by molar-refractivity contribution is 14.0. The molecule has 0 unspecified atom stereocenters. The van der Waals surface area contributed by atoms with Crippen LogP contribution in [0.1, 0.15) is 65.4 Å². The molecule has 0 spiro atoms. The van der Waals surface area contributed by atoms with Crippen LogP contribution in [0.4, 0.5) is 5.82 Å². The molecular formula is C23H42IN5O. The summed E-state index contributed by atoms with van der Waals surface area (Å²) in [5.41, 5.74) is 1.23. The van der Waals surface area contributed by atoms with Crippen molar-refractivity contribution in [3.63, 3.8) is 0 Å². The number of aliphatic imine (C=N–C) groups is 1. The minimum atomic E-state index is 0. The van der Waals surface area contributed by atoms with Gasteiger partial charge in [-0.15, -0.1) is 24.0 Å². The number of piperidine rings is 1. The first-order valence-corrected chi connectivity index (χ1v) is 11.4. The summed E-state index contributed by atoms with van der Waals surface area (Å²) in [6.07, 6.45) is 7.34. The maximum Gasteiger partial charge on any atom is 0.191 e. The summed E-state index contributed by atoms with van der Waals surface area (Å²) >= 11 is 0. The fraction of sp³-hybridized carbons (Fsp3) is 0.739. The van der Waals surface area contributed by atoms with E-state index in [0.717, 1.165) is 68.7 Å². The molecule has 0 amide bonds. The first-order chi connectivity index (χ1) is 14.1. The van der Waals surface area contributed by atoms with Gasteiger partial charge in [0.2, 0.25) is 0 Å². The topological polar surface area (TPSA) is 72.8 Å². The van der Waals surface area contributed by atoms with Gasteiger partial charge in [-0.3, -0.25) is 0 Å². The average molecular weight is 532 g/mol. The number of aliphatic hydroxyl groups is 1. The Labute approximate surface area is 200 Å². The van der Waals surface area contributed by atoms with Gasteiger partial charge in [0.05, 0.1) is 6.54 Å². The lowest BCUT2D eigenvalue weighted by Crippen LogP contribution is -2.43. The number of hydrogen-bond donors (Lipinski definition) is 3. The fourth-order valence-electron chi connectivity index (χ4n) is 3.90. The second kappa shape index (κ2) is 14.1. The summed E-state index contributed by atoms with van der Waals surface area (Å²) in [5, 5.41) is 16.2. The summed E-state index contributed by atoms with van der Waals surface area (Å²) in [6, 6.07) is 4.27. The molecule has 0 radical (unpaired) electrons. The molecule has 0 aromatic carbocycles. The third-order valence-corrected chi connectivity index (χ3v) is 6.45. The zero-order chi connectivity index (χ0) is 21.1. The van der Waals surface area contributed by atoms with Crippen molar-refractivity contribution in [1.29, 1.82) is 0 Å². The molecule has 6 nitrogen and oxygen atoms in total. The van der Waals surface area contributed by atoms with Crippen LogP contribution in [0, 0.1) is 11.3 Å². The molecule has 1 aromatic heterocycles. The molecule has 172 valence electrons. The Morgan fingerprint density at radius 1 is 1.20 bits per heavy atom. The van der Waals surface area contributed by atoms with Gasteiger partial charge >= 0.3 is 0 Å². The summed E-state index contributed by atoms with van der Waals surface area (Å²) in [6.45, 7) is 13.5. The maximum atomic E-state index is 9.43. The summed E-state index contributed by atoms with van der Waals surface area (Å²) in [5.74, 6) is 2.73. The molecule has 7 heteroatoms. The van der Waals surface area contributed by atoms with Gasteiger partial charge in [-0.05, 0) is 62.0 Å². The molecule has 0 bridgehead atoms. The molecule has 30 heavy (non-hydrogen) atoms.